The van der Waals surface area contributed by atoms with Crippen molar-refractivity contribution in [3.8, 4) is 0 Å². The first kappa shape index (κ1) is 22.4. The number of sulfonamides is 1. The normalized spacial score (nSPS) is 21.6. The minimum atomic E-state index is -3.03. The van der Waals surface area contributed by atoms with E-state index in [-0.39, 0.29) is 35.1 Å². The third kappa shape index (κ3) is 5.57. The van der Waals surface area contributed by atoms with Gasteiger partial charge in [0.1, 0.15) is 0 Å². The van der Waals surface area contributed by atoms with Crippen LogP contribution in [0.5, 0.6) is 0 Å². The standard InChI is InChI=1S/C19H30N4O2S.HI/c1-20-18(21-12-14-23-13-7-15-26(23,24)25)22-16-19(10-5-6-11-19)17-8-3-2-4-9-17;/h2-4,8-9H,5-7,10-16H2,1H3,(H2,20,21,22);1H. The molecule has 1 aromatic rings. The van der Waals surface area contributed by atoms with Gasteiger partial charge in [-0.15, -0.1) is 24.0 Å². The highest BCUT2D eigenvalue weighted by Crippen LogP contribution is 2.40. The number of benzene rings is 1. The van der Waals surface area contributed by atoms with Gasteiger partial charge in [0.15, 0.2) is 5.96 Å². The maximum atomic E-state index is 11.9. The van der Waals surface area contributed by atoms with Gasteiger partial charge in [-0.1, -0.05) is 43.2 Å². The fourth-order valence-corrected chi connectivity index (χ4v) is 5.65. The molecular formula is C19H31IN4O2S. The monoisotopic (exact) mass is 506 g/mol. The Labute approximate surface area is 180 Å². The van der Waals surface area contributed by atoms with Gasteiger partial charge >= 0.3 is 0 Å². The molecule has 1 saturated carbocycles. The van der Waals surface area contributed by atoms with Crippen LogP contribution in [-0.4, -0.2) is 57.7 Å². The Morgan fingerprint density at radius 2 is 1.85 bits per heavy atom. The summed E-state index contributed by atoms with van der Waals surface area (Å²) >= 11 is 0. The Bertz CT molecular complexity index is 718. The molecule has 0 radical (unpaired) electrons. The molecular weight excluding hydrogens is 475 g/mol. The summed E-state index contributed by atoms with van der Waals surface area (Å²) in [4.78, 5) is 4.30. The van der Waals surface area contributed by atoms with E-state index in [1.165, 1.54) is 31.2 Å². The highest BCUT2D eigenvalue weighted by molar-refractivity contribution is 14.0. The van der Waals surface area contributed by atoms with Gasteiger partial charge in [0.05, 0.1) is 5.75 Å². The Morgan fingerprint density at radius 1 is 1.15 bits per heavy atom. The van der Waals surface area contributed by atoms with Crippen LogP contribution >= 0.6 is 24.0 Å². The lowest BCUT2D eigenvalue weighted by Gasteiger charge is -2.31. The van der Waals surface area contributed by atoms with Gasteiger partial charge in [-0.2, -0.15) is 0 Å². The SMILES string of the molecule is CN=C(NCCN1CCCS1(=O)=O)NCC1(c2ccccc2)CCCC1.I. The molecule has 2 N–H and O–H groups in total. The number of aliphatic imine (C=N–C) groups is 1. The molecule has 1 heterocycles. The van der Waals surface area contributed by atoms with E-state index in [0.29, 0.717) is 19.6 Å². The summed E-state index contributed by atoms with van der Waals surface area (Å²) in [7, 11) is -1.27. The van der Waals surface area contributed by atoms with Gasteiger partial charge in [-0.05, 0) is 24.8 Å². The van der Waals surface area contributed by atoms with Gasteiger partial charge in [0.2, 0.25) is 10.0 Å². The molecule has 0 unspecified atom stereocenters. The van der Waals surface area contributed by atoms with Crippen LogP contribution in [0.25, 0.3) is 0 Å². The van der Waals surface area contributed by atoms with Crippen molar-refractivity contribution in [1.29, 1.82) is 0 Å². The van der Waals surface area contributed by atoms with Crippen molar-refractivity contribution < 1.29 is 8.42 Å². The van der Waals surface area contributed by atoms with Crippen LogP contribution in [0.15, 0.2) is 35.3 Å². The number of nitrogens with zero attached hydrogens (tertiary/aromatic N) is 2. The summed E-state index contributed by atoms with van der Waals surface area (Å²) in [5, 5.41) is 6.73. The number of nitrogens with one attached hydrogen (secondary N) is 2. The summed E-state index contributed by atoms with van der Waals surface area (Å²) < 4.78 is 25.3. The first-order chi connectivity index (χ1) is 12.6. The van der Waals surface area contributed by atoms with Gasteiger partial charge < -0.3 is 10.6 Å². The fourth-order valence-electron chi connectivity index (χ4n) is 4.13. The predicted molar refractivity (Wildman–Crippen MR) is 121 cm³/mol. The number of hydrogen-bond donors (Lipinski definition) is 2. The summed E-state index contributed by atoms with van der Waals surface area (Å²) in [6.45, 7) is 2.54. The molecule has 1 saturated heterocycles. The summed E-state index contributed by atoms with van der Waals surface area (Å²) in [5.74, 6) is 1.02. The molecule has 8 heteroatoms. The number of rotatable bonds is 6. The maximum absolute atomic E-state index is 11.9. The number of hydrogen-bond acceptors (Lipinski definition) is 3. The maximum Gasteiger partial charge on any atom is 0.214 e. The van der Waals surface area contributed by atoms with Crippen LogP contribution < -0.4 is 10.6 Å². The topological polar surface area (TPSA) is 73.8 Å². The van der Waals surface area contributed by atoms with E-state index < -0.39 is 10.0 Å². The molecule has 1 aliphatic heterocycles. The number of halogens is 1. The Morgan fingerprint density at radius 3 is 2.44 bits per heavy atom. The van der Waals surface area contributed by atoms with Gasteiger partial charge in [-0.25, -0.2) is 12.7 Å². The molecule has 0 atom stereocenters. The fraction of sp³-hybridized carbons (Fsp3) is 0.632. The quantitative estimate of drug-likeness (QED) is 0.353. The Hall–Kier alpha value is -0.870. The molecule has 0 amide bonds. The second-order valence-corrected chi connectivity index (χ2v) is 9.36. The lowest BCUT2D eigenvalue weighted by molar-refractivity contribution is 0.427. The average Bonchev–Trinajstić information content (AvgIpc) is 3.26. The molecule has 3 rings (SSSR count). The van der Waals surface area contributed by atoms with Crippen LogP contribution in [0.4, 0.5) is 0 Å². The molecule has 0 spiro atoms. The van der Waals surface area contributed by atoms with Crippen LogP contribution in [0, 0.1) is 0 Å². The third-order valence-corrected chi connectivity index (χ3v) is 7.58. The minimum Gasteiger partial charge on any atom is -0.356 e. The Kier molecular flexibility index (Phi) is 8.36. The van der Waals surface area contributed by atoms with E-state index in [1.807, 2.05) is 0 Å². The zero-order valence-corrected chi connectivity index (χ0v) is 19.1. The molecule has 1 aromatic carbocycles. The van der Waals surface area contributed by atoms with Crippen LogP contribution in [0.2, 0.25) is 0 Å². The van der Waals surface area contributed by atoms with Crippen molar-refractivity contribution in [3.63, 3.8) is 0 Å². The second-order valence-electron chi connectivity index (χ2n) is 7.27. The first-order valence-corrected chi connectivity index (χ1v) is 11.1. The van der Waals surface area contributed by atoms with Crippen molar-refractivity contribution in [2.24, 2.45) is 4.99 Å². The molecule has 2 aliphatic rings. The Balaban J connectivity index is 0.00000261. The van der Waals surface area contributed by atoms with E-state index in [1.54, 1.807) is 11.4 Å². The molecule has 1 aliphatic carbocycles. The third-order valence-electron chi connectivity index (χ3n) is 5.62. The molecule has 0 bridgehead atoms. The van der Waals surface area contributed by atoms with E-state index in [4.69, 9.17) is 0 Å². The van der Waals surface area contributed by atoms with Crippen molar-refractivity contribution >= 4 is 40.0 Å². The lowest BCUT2D eigenvalue weighted by atomic mass is 9.79. The summed E-state index contributed by atoms with van der Waals surface area (Å²) in [5.41, 5.74) is 1.56. The second kappa shape index (κ2) is 10.1. The van der Waals surface area contributed by atoms with Crippen molar-refractivity contribution in [1.82, 2.24) is 14.9 Å². The lowest BCUT2D eigenvalue weighted by Crippen LogP contribution is -2.46. The van der Waals surface area contributed by atoms with E-state index >= 15 is 0 Å². The van der Waals surface area contributed by atoms with E-state index in [2.05, 4.69) is 46.0 Å². The highest BCUT2D eigenvalue weighted by atomic mass is 127. The van der Waals surface area contributed by atoms with Crippen LogP contribution in [-0.2, 0) is 15.4 Å². The van der Waals surface area contributed by atoms with Gasteiger partial charge in [-0.3, -0.25) is 4.99 Å². The minimum absolute atomic E-state index is 0. The summed E-state index contributed by atoms with van der Waals surface area (Å²) in [6.07, 6.45) is 5.62. The largest absolute Gasteiger partial charge is 0.356 e. The van der Waals surface area contributed by atoms with Crippen LogP contribution in [0.1, 0.15) is 37.7 Å². The molecule has 6 nitrogen and oxygen atoms in total. The number of guanidine groups is 1. The molecule has 27 heavy (non-hydrogen) atoms. The van der Waals surface area contributed by atoms with Gasteiger partial charge in [0, 0.05) is 38.6 Å². The zero-order valence-electron chi connectivity index (χ0n) is 16.0. The van der Waals surface area contributed by atoms with Crippen molar-refractivity contribution in [2.45, 2.75) is 37.5 Å². The van der Waals surface area contributed by atoms with Crippen LogP contribution in [0.3, 0.4) is 0 Å². The zero-order chi connectivity index (χ0) is 18.5. The highest BCUT2D eigenvalue weighted by Gasteiger charge is 2.35. The smallest absolute Gasteiger partial charge is 0.214 e. The average molecular weight is 506 g/mol. The molecule has 152 valence electrons. The van der Waals surface area contributed by atoms with Crippen molar-refractivity contribution in [2.75, 3.05) is 39.0 Å². The van der Waals surface area contributed by atoms with Crippen molar-refractivity contribution in [3.05, 3.63) is 35.9 Å². The molecule has 2 fully saturated rings. The van der Waals surface area contributed by atoms with E-state index in [0.717, 1.165) is 18.9 Å². The summed E-state index contributed by atoms with van der Waals surface area (Å²) in [6, 6.07) is 10.7. The van der Waals surface area contributed by atoms with E-state index in [9.17, 15) is 8.42 Å². The molecule has 0 aromatic heterocycles. The van der Waals surface area contributed by atoms with Gasteiger partial charge in [0.25, 0.3) is 0 Å². The predicted octanol–water partition coefficient (Wildman–Crippen LogP) is 2.32. The first-order valence-electron chi connectivity index (χ1n) is 9.54.